The van der Waals surface area contributed by atoms with Crippen LogP contribution >= 0.6 is 11.8 Å². The van der Waals surface area contributed by atoms with Gasteiger partial charge in [-0.05, 0) is 47.0 Å². The summed E-state index contributed by atoms with van der Waals surface area (Å²) < 4.78 is 19.1. The predicted octanol–water partition coefficient (Wildman–Crippen LogP) is 3.08. The summed E-state index contributed by atoms with van der Waals surface area (Å²) >= 11 is 1.26. The van der Waals surface area contributed by atoms with Gasteiger partial charge in [-0.15, -0.1) is 11.8 Å². The van der Waals surface area contributed by atoms with Crippen LogP contribution in [-0.4, -0.2) is 68.5 Å². The summed E-state index contributed by atoms with van der Waals surface area (Å²) in [6, 6.07) is 0. The number of carbonyl (C=O) groups excluding carboxylic acids is 4. The van der Waals surface area contributed by atoms with Gasteiger partial charge in [-0.25, -0.2) is 4.79 Å². The van der Waals surface area contributed by atoms with Crippen LogP contribution in [0.25, 0.3) is 0 Å². The molecule has 43 heavy (non-hydrogen) atoms. The number of hydrogen-bond acceptors (Lipinski definition) is 10. The van der Waals surface area contributed by atoms with Crippen LogP contribution < -0.4 is 11.2 Å². The van der Waals surface area contributed by atoms with Gasteiger partial charge in [-0.3, -0.25) is 33.5 Å². The van der Waals surface area contributed by atoms with Gasteiger partial charge in [0, 0.05) is 54.8 Å². The smallest absolute Gasteiger partial charge is 0.328 e. The Kier molecular flexibility index (Phi) is 10.9. The third-order valence-corrected chi connectivity index (χ3v) is 10.6. The first-order valence-electron chi connectivity index (χ1n) is 15.0. The van der Waals surface area contributed by atoms with Gasteiger partial charge in [0.25, 0.3) is 5.56 Å². The van der Waals surface area contributed by atoms with Crippen molar-refractivity contribution in [2.75, 3.05) is 12.9 Å². The molecule has 1 N–H and O–H groups in total. The molecule has 0 aliphatic carbocycles. The van der Waals surface area contributed by atoms with E-state index in [4.69, 9.17) is 14.2 Å². The maximum atomic E-state index is 14.0. The maximum absolute atomic E-state index is 14.0. The Morgan fingerprint density at radius 1 is 1.00 bits per heavy atom. The Morgan fingerprint density at radius 2 is 1.60 bits per heavy atom. The summed E-state index contributed by atoms with van der Waals surface area (Å²) in [5, 5.41) is -0.788. The van der Waals surface area contributed by atoms with Gasteiger partial charge in [0.1, 0.15) is 28.8 Å². The first-order chi connectivity index (χ1) is 20.0. The highest BCUT2D eigenvalue weighted by Crippen LogP contribution is 2.48. The van der Waals surface area contributed by atoms with E-state index in [1.807, 2.05) is 13.8 Å². The number of methoxy groups -OCH3 is 1. The Balaban J connectivity index is 2.02. The first-order valence-corrected chi connectivity index (χ1v) is 16.0. The largest absolute Gasteiger partial charge is 0.458 e. The summed E-state index contributed by atoms with van der Waals surface area (Å²) in [5.41, 5.74) is -2.77. The lowest BCUT2D eigenvalue weighted by Crippen LogP contribution is -2.53. The third kappa shape index (κ3) is 7.16. The normalized spacial score (nSPS) is 36.1. The molecular weight excluding hydrogens is 576 g/mol. The van der Waals surface area contributed by atoms with Gasteiger partial charge in [0.05, 0.1) is 5.60 Å². The van der Waals surface area contributed by atoms with E-state index in [9.17, 15) is 28.8 Å². The molecule has 2 fully saturated rings. The van der Waals surface area contributed by atoms with Gasteiger partial charge >= 0.3 is 17.6 Å². The van der Waals surface area contributed by atoms with Gasteiger partial charge in [-0.2, -0.15) is 0 Å². The van der Waals surface area contributed by atoms with E-state index in [0.29, 0.717) is 30.6 Å². The average molecular weight is 623 g/mol. The second kappa shape index (κ2) is 13.5. The van der Waals surface area contributed by atoms with Crippen molar-refractivity contribution in [2.24, 2.45) is 29.6 Å². The van der Waals surface area contributed by atoms with E-state index < -0.39 is 75.3 Å². The van der Waals surface area contributed by atoms with Gasteiger partial charge in [-0.1, -0.05) is 27.7 Å². The molecule has 1 aromatic heterocycles. The lowest BCUT2D eigenvalue weighted by Gasteiger charge is -2.41. The minimum Gasteiger partial charge on any atom is -0.458 e. The topological polar surface area (TPSA) is 151 Å². The van der Waals surface area contributed by atoms with Crippen molar-refractivity contribution in [3.05, 3.63) is 32.6 Å². The number of Topliss-reactive ketones (excluding diaryl/α,β-unsaturated/α-hetero) is 2. The van der Waals surface area contributed by atoms with E-state index in [2.05, 4.69) is 4.98 Å². The molecule has 0 aromatic carbocycles. The molecule has 11 nitrogen and oxygen atoms in total. The van der Waals surface area contributed by atoms with E-state index in [1.165, 1.54) is 29.4 Å². The fourth-order valence-electron chi connectivity index (χ4n) is 6.83. The molecule has 3 heterocycles. The predicted molar refractivity (Wildman–Crippen MR) is 162 cm³/mol. The van der Waals surface area contributed by atoms with E-state index in [0.717, 1.165) is 0 Å². The van der Waals surface area contributed by atoms with Crippen molar-refractivity contribution >= 4 is 35.3 Å². The summed E-state index contributed by atoms with van der Waals surface area (Å²) in [6.07, 6.45) is 1.55. The quantitative estimate of drug-likeness (QED) is 0.370. The van der Waals surface area contributed by atoms with Crippen LogP contribution in [0.5, 0.6) is 0 Å². The minimum absolute atomic E-state index is 0.0820. The molecule has 3 rings (SSSR count). The Morgan fingerprint density at radius 3 is 2.19 bits per heavy atom. The van der Waals surface area contributed by atoms with Crippen LogP contribution in [0.1, 0.15) is 73.3 Å². The SMILES string of the molecule is CCC1OC(=O)C(C)C(=O)C(C)CC(C)(OC)CC(C)C(=O)C(C)C2C(SCCn3cc(C)c(=O)[nH]c3=O)C(=O)OC12C. The summed E-state index contributed by atoms with van der Waals surface area (Å²) in [5.74, 6) is -4.62. The van der Waals surface area contributed by atoms with Gasteiger partial charge < -0.3 is 14.2 Å². The molecule has 9 atom stereocenters. The molecule has 2 saturated heterocycles. The van der Waals surface area contributed by atoms with Crippen LogP contribution in [-0.2, 0) is 39.9 Å². The second-order valence-electron chi connectivity index (χ2n) is 12.7. The number of H-pyrrole nitrogens is 1. The van der Waals surface area contributed by atoms with Crippen LogP contribution in [0, 0.1) is 36.5 Å². The molecule has 2 aliphatic rings. The van der Waals surface area contributed by atoms with Crippen LogP contribution in [0.2, 0.25) is 0 Å². The third-order valence-electron chi connectivity index (χ3n) is 9.34. The Hall–Kier alpha value is -2.73. The maximum Gasteiger partial charge on any atom is 0.328 e. The first kappa shape index (κ1) is 34.8. The van der Waals surface area contributed by atoms with Crippen molar-refractivity contribution in [1.29, 1.82) is 0 Å². The van der Waals surface area contributed by atoms with Crippen molar-refractivity contribution in [3.63, 3.8) is 0 Å². The monoisotopic (exact) mass is 622 g/mol. The number of carbonyl (C=O) groups is 4. The Bertz CT molecular complexity index is 1360. The molecular formula is C31H46N2O9S. The fraction of sp³-hybridized carbons (Fsp3) is 0.742. The van der Waals surface area contributed by atoms with Gasteiger partial charge in [0.2, 0.25) is 0 Å². The molecule has 0 saturated carbocycles. The van der Waals surface area contributed by atoms with Crippen molar-refractivity contribution in [3.8, 4) is 0 Å². The number of cyclic esters (lactones) is 1. The zero-order valence-corrected chi connectivity index (χ0v) is 27.5. The van der Waals surface area contributed by atoms with Crippen molar-refractivity contribution in [2.45, 2.75) is 104 Å². The number of ketones is 2. The number of aromatic nitrogens is 2. The Labute approximate surface area is 256 Å². The summed E-state index contributed by atoms with van der Waals surface area (Å²) in [6.45, 7) is 14.1. The van der Waals surface area contributed by atoms with Gasteiger partial charge in [0.15, 0.2) is 5.60 Å². The molecule has 0 radical (unpaired) electrons. The number of rotatable bonds is 6. The molecule has 0 amide bonds. The van der Waals surface area contributed by atoms with Crippen molar-refractivity contribution < 1.29 is 33.4 Å². The minimum atomic E-state index is -1.34. The summed E-state index contributed by atoms with van der Waals surface area (Å²) in [4.78, 5) is 80.5. The lowest BCUT2D eigenvalue weighted by atomic mass is 9.70. The molecule has 0 bridgehead atoms. The van der Waals surface area contributed by atoms with Crippen molar-refractivity contribution in [1.82, 2.24) is 9.55 Å². The van der Waals surface area contributed by atoms with E-state index >= 15 is 0 Å². The highest BCUT2D eigenvalue weighted by molar-refractivity contribution is 8.00. The molecule has 2 aliphatic heterocycles. The number of esters is 2. The standard InChI is InChI=1S/C31H46N2O9S/c1-10-21-31(8)22(25(28(38)42-31)43-12-11-33-15-18(4)26(36)32-29(33)39)19(5)23(34)16(2)13-30(7,40-9)14-17(3)24(35)20(6)27(37)41-21/h15-17,19-22,25H,10-14H2,1-9H3,(H,32,36,39). The van der Waals surface area contributed by atoms with Crippen LogP contribution in [0.4, 0.5) is 0 Å². The second-order valence-corrected chi connectivity index (χ2v) is 13.9. The summed E-state index contributed by atoms with van der Waals surface area (Å²) in [7, 11) is 1.55. The number of hydrogen-bond donors (Lipinski definition) is 1. The molecule has 12 heteroatoms. The fourth-order valence-corrected chi connectivity index (χ4v) is 8.28. The molecule has 9 unspecified atom stereocenters. The number of aromatic amines is 1. The highest BCUT2D eigenvalue weighted by Gasteiger charge is 2.61. The van der Waals surface area contributed by atoms with E-state index in [-0.39, 0.29) is 18.1 Å². The number of nitrogens with zero attached hydrogens (tertiary/aromatic N) is 1. The zero-order chi connectivity index (χ0) is 32.4. The molecule has 1 aromatic rings. The average Bonchev–Trinajstić information content (AvgIpc) is 3.21. The number of fused-ring (bicyclic) bond motifs is 1. The molecule has 240 valence electrons. The number of ether oxygens (including phenoxy) is 3. The molecule has 0 spiro atoms. The number of nitrogens with one attached hydrogen (secondary N) is 1. The van der Waals surface area contributed by atoms with E-state index in [1.54, 1.807) is 41.7 Å². The number of aryl methyl sites for hydroxylation is 2. The van der Waals surface area contributed by atoms with Crippen LogP contribution in [0.3, 0.4) is 0 Å². The highest BCUT2D eigenvalue weighted by atomic mass is 32.2. The lowest BCUT2D eigenvalue weighted by molar-refractivity contribution is -0.183. The number of thioether (sulfide) groups is 1. The zero-order valence-electron chi connectivity index (χ0n) is 26.7. The van der Waals surface area contributed by atoms with Crippen LogP contribution in [0.15, 0.2) is 15.8 Å².